The molecule has 2 aliphatic rings. The van der Waals surface area contributed by atoms with Crippen molar-refractivity contribution in [3.05, 3.63) is 28.5 Å². The Bertz CT molecular complexity index is 1170. The molecule has 4 rings (SSSR count). The smallest absolute Gasteiger partial charge is 0.391 e. The van der Waals surface area contributed by atoms with Gasteiger partial charge in [-0.2, -0.15) is 13.2 Å². The van der Waals surface area contributed by atoms with Crippen LogP contribution in [0.15, 0.2) is 12.3 Å². The van der Waals surface area contributed by atoms with Gasteiger partial charge in [0, 0.05) is 29.9 Å². The van der Waals surface area contributed by atoms with E-state index in [1.54, 1.807) is 4.90 Å². The summed E-state index contributed by atoms with van der Waals surface area (Å²) in [6.07, 6.45) is -4.89. The quantitative estimate of drug-likeness (QED) is 0.444. The number of carbonyl (C=O) groups excluding carboxylic acids is 2. The number of hydrogen-bond acceptors (Lipinski definition) is 7. The lowest BCUT2D eigenvalue weighted by molar-refractivity contribution is -0.138. The van der Waals surface area contributed by atoms with Crippen molar-refractivity contribution in [1.82, 2.24) is 20.2 Å². The number of carbonyl (C=O) groups is 2. The van der Waals surface area contributed by atoms with E-state index in [-0.39, 0.29) is 27.2 Å². The first-order valence-corrected chi connectivity index (χ1v) is 12.6. The number of amides is 2. The van der Waals surface area contributed by atoms with Gasteiger partial charge >= 0.3 is 6.18 Å². The summed E-state index contributed by atoms with van der Waals surface area (Å²) in [4.78, 5) is 35.8. The molecule has 1 aliphatic carbocycles. The minimum Gasteiger partial charge on any atom is -0.391 e. The summed E-state index contributed by atoms with van der Waals surface area (Å²) < 4.78 is 67.0. The summed E-state index contributed by atoms with van der Waals surface area (Å²) in [7, 11) is 0. The van der Waals surface area contributed by atoms with Crippen molar-refractivity contribution in [2.75, 3.05) is 11.9 Å². The molecule has 2 aromatic rings. The highest BCUT2D eigenvalue weighted by Gasteiger charge is 2.37. The predicted octanol–water partition coefficient (Wildman–Crippen LogP) is 4.38. The lowest BCUT2D eigenvalue weighted by atomic mass is 9.89. The molecule has 2 aromatic heterocycles. The van der Waals surface area contributed by atoms with Gasteiger partial charge in [0.05, 0.1) is 17.0 Å². The Labute approximate surface area is 213 Å². The van der Waals surface area contributed by atoms with E-state index in [1.165, 1.54) is 0 Å². The lowest BCUT2D eigenvalue weighted by Gasteiger charge is -2.32. The van der Waals surface area contributed by atoms with Crippen molar-refractivity contribution >= 4 is 29.0 Å². The molecule has 14 heteroatoms. The Morgan fingerprint density at radius 3 is 2.51 bits per heavy atom. The zero-order valence-electron chi connectivity index (χ0n) is 20.0. The number of nitrogens with zero attached hydrogens (tertiary/aromatic N) is 3. The summed E-state index contributed by atoms with van der Waals surface area (Å²) in [6.45, 7) is 3.11. The molecule has 202 valence electrons. The fourth-order valence-corrected chi connectivity index (χ4v) is 5.21. The number of nitrogens with one attached hydrogen (secondary N) is 2. The van der Waals surface area contributed by atoms with Gasteiger partial charge in [-0.15, -0.1) is 11.3 Å². The van der Waals surface area contributed by atoms with Gasteiger partial charge in [0.15, 0.2) is 5.01 Å². The largest absolute Gasteiger partial charge is 0.408 e. The maximum absolute atomic E-state index is 14.1. The molecule has 4 atom stereocenters. The number of likely N-dealkylation sites (tertiary alicyclic amines) is 1. The summed E-state index contributed by atoms with van der Waals surface area (Å²) >= 11 is 0.716. The SMILES string of the molecule is CC1CCCN1C(=O)c1nc(C(=O)N[C@@H]2CC[C@H]2O)sc1-c1cnc(NC(C)C(F)(F)F)cc1C(F)F. The molecule has 2 unspecified atom stereocenters. The van der Waals surface area contributed by atoms with Crippen LogP contribution >= 0.6 is 11.3 Å². The second-order valence-electron chi connectivity index (χ2n) is 9.28. The maximum Gasteiger partial charge on any atom is 0.408 e. The summed E-state index contributed by atoms with van der Waals surface area (Å²) in [5, 5.41) is 14.3. The van der Waals surface area contributed by atoms with E-state index < -0.39 is 54.0 Å². The molecule has 3 N–H and O–H groups in total. The fraction of sp³-hybridized carbons (Fsp3) is 0.565. The Morgan fingerprint density at radius 2 is 1.97 bits per heavy atom. The van der Waals surface area contributed by atoms with Gasteiger partial charge in [0.1, 0.15) is 17.6 Å². The number of pyridine rings is 1. The topological polar surface area (TPSA) is 107 Å². The molecule has 1 saturated carbocycles. The van der Waals surface area contributed by atoms with Crippen LogP contribution in [0.2, 0.25) is 0 Å². The van der Waals surface area contributed by atoms with E-state index in [0.717, 1.165) is 32.0 Å². The number of halogens is 5. The van der Waals surface area contributed by atoms with E-state index >= 15 is 0 Å². The molecule has 2 amide bonds. The Hall–Kier alpha value is -2.87. The van der Waals surface area contributed by atoms with Crippen LogP contribution in [0.1, 0.15) is 71.8 Å². The number of alkyl halides is 5. The van der Waals surface area contributed by atoms with Crippen molar-refractivity contribution in [1.29, 1.82) is 0 Å². The molecule has 0 aromatic carbocycles. The van der Waals surface area contributed by atoms with Crippen LogP contribution < -0.4 is 10.6 Å². The molecule has 1 aliphatic heterocycles. The minimum absolute atomic E-state index is 0.0263. The van der Waals surface area contributed by atoms with Gasteiger partial charge in [-0.25, -0.2) is 18.7 Å². The number of thiazole rings is 1. The van der Waals surface area contributed by atoms with Crippen LogP contribution in [0.5, 0.6) is 0 Å². The zero-order valence-corrected chi connectivity index (χ0v) is 20.8. The number of aliphatic hydroxyl groups is 1. The second kappa shape index (κ2) is 10.5. The highest BCUT2D eigenvalue weighted by molar-refractivity contribution is 7.17. The Balaban J connectivity index is 1.74. The van der Waals surface area contributed by atoms with E-state index in [1.807, 2.05) is 6.92 Å². The van der Waals surface area contributed by atoms with Gasteiger partial charge in [-0.1, -0.05) is 0 Å². The highest BCUT2D eigenvalue weighted by Crippen LogP contribution is 2.39. The first-order chi connectivity index (χ1) is 17.4. The van der Waals surface area contributed by atoms with Crippen LogP contribution in [0, 0.1) is 0 Å². The van der Waals surface area contributed by atoms with Crippen LogP contribution in [0.25, 0.3) is 10.4 Å². The average molecular weight is 548 g/mol. The molecule has 8 nitrogen and oxygen atoms in total. The molecule has 0 bridgehead atoms. The Morgan fingerprint density at radius 1 is 1.24 bits per heavy atom. The molecule has 1 saturated heterocycles. The molecular weight excluding hydrogens is 521 g/mol. The minimum atomic E-state index is -4.62. The average Bonchev–Trinajstić information content (AvgIpc) is 3.47. The summed E-state index contributed by atoms with van der Waals surface area (Å²) in [6, 6.07) is -1.82. The van der Waals surface area contributed by atoms with Gasteiger partial charge in [0.25, 0.3) is 18.2 Å². The van der Waals surface area contributed by atoms with E-state index in [0.29, 0.717) is 30.7 Å². The number of aromatic nitrogens is 2. The van der Waals surface area contributed by atoms with Gasteiger partial charge in [-0.3, -0.25) is 9.59 Å². The normalized spacial score (nSPS) is 22.6. The van der Waals surface area contributed by atoms with Gasteiger partial charge < -0.3 is 20.6 Å². The first kappa shape index (κ1) is 27.2. The highest BCUT2D eigenvalue weighted by atomic mass is 32.1. The van der Waals surface area contributed by atoms with Crippen LogP contribution in [0.3, 0.4) is 0 Å². The second-order valence-corrected chi connectivity index (χ2v) is 10.3. The van der Waals surface area contributed by atoms with Crippen molar-refractivity contribution in [2.24, 2.45) is 0 Å². The van der Waals surface area contributed by atoms with Crippen LogP contribution in [-0.4, -0.2) is 68.7 Å². The molecule has 0 radical (unpaired) electrons. The van der Waals surface area contributed by atoms with Crippen molar-refractivity contribution < 1.29 is 36.6 Å². The number of rotatable bonds is 7. The van der Waals surface area contributed by atoms with Crippen LogP contribution in [0.4, 0.5) is 27.8 Å². The van der Waals surface area contributed by atoms with E-state index in [9.17, 15) is 36.6 Å². The third-order valence-corrected chi connectivity index (χ3v) is 7.75. The maximum atomic E-state index is 14.1. The molecule has 0 spiro atoms. The van der Waals surface area contributed by atoms with E-state index in [4.69, 9.17) is 0 Å². The molecule has 2 fully saturated rings. The number of hydrogen-bond donors (Lipinski definition) is 3. The summed E-state index contributed by atoms with van der Waals surface area (Å²) in [5.41, 5.74) is -1.05. The molecular formula is C23H26F5N5O3S. The summed E-state index contributed by atoms with van der Waals surface area (Å²) in [5.74, 6) is -1.61. The Kier molecular flexibility index (Phi) is 7.70. The number of aliphatic hydroxyl groups excluding tert-OH is 1. The van der Waals surface area contributed by atoms with Gasteiger partial charge in [-0.05, 0) is 45.6 Å². The van der Waals surface area contributed by atoms with Crippen molar-refractivity contribution in [2.45, 2.75) is 76.4 Å². The zero-order chi connectivity index (χ0) is 27.1. The third-order valence-electron chi connectivity index (χ3n) is 6.66. The number of anilines is 1. The third kappa shape index (κ3) is 5.69. The van der Waals surface area contributed by atoms with Gasteiger partial charge in [0.2, 0.25) is 0 Å². The first-order valence-electron chi connectivity index (χ1n) is 11.8. The van der Waals surface area contributed by atoms with Crippen molar-refractivity contribution in [3.63, 3.8) is 0 Å². The predicted molar refractivity (Wildman–Crippen MR) is 126 cm³/mol. The standard InChI is InChI=1S/C23H26F5N5O3S/c1-10-4-3-7-33(10)22(36)17-18(37-21(32-17)20(35)31-14-5-6-15(14)34)13-9-29-16(8-12(13)19(24)25)30-11(2)23(26,27)28/h8-11,14-15,19,34H,3-7H2,1-2H3,(H,29,30)(H,31,35)/t10?,11?,14-,15-/m1/s1. The monoisotopic (exact) mass is 547 g/mol. The van der Waals surface area contributed by atoms with Crippen molar-refractivity contribution in [3.8, 4) is 10.4 Å². The fourth-order valence-electron chi connectivity index (χ4n) is 4.22. The van der Waals surface area contributed by atoms with Crippen LogP contribution in [-0.2, 0) is 0 Å². The lowest BCUT2D eigenvalue weighted by Crippen LogP contribution is -2.50. The van der Waals surface area contributed by atoms with E-state index in [2.05, 4.69) is 20.6 Å². The molecule has 37 heavy (non-hydrogen) atoms. The molecule has 3 heterocycles.